The minimum Gasteiger partial charge on any atom is -0.463 e. The third kappa shape index (κ3) is 11.2. The molecule has 0 heterocycles. The first kappa shape index (κ1) is 29.7. The summed E-state index contributed by atoms with van der Waals surface area (Å²) in [4.78, 5) is 12.2. The quantitative estimate of drug-likeness (QED) is 0.137. The Balaban J connectivity index is 5.89. The fourth-order valence-electron chi connectivity index (χ4n) is 2.13. The Morgan fingerprint density at radius 3 is 1.55 bits per heavy atom. The average Bonchev–Trinajstić information content (AvgIpc) is 2.77. The van der Waals surface area contributed by atoms with Crippen LogP contribution in [0.4, 0.5) is 0 Å². The zero-order valence-electron chi connectivity index (χ0n) is 18.3. The van der Waals surface area contributed by atoms with E-state index in [1.165, 1.54) is 31.4 Å². The Hall–Kier alpha value is -1.31. The summed E-state index contributed by atoms with van der Waals surface area (Å²) in [7, 11) is -6.75. The maximum absolute atomic E-state index is 13.6. The van der Waals surface area contributed by atoms with Gasteiger partial charge in [0.15, 0.2) is 5.40 Å². The second kappa shape index (κ2) is 16.3. The van der Waals surface area contributed by atoms with Crippen molar-refractivity contribution < 1.29 is 41.5 Å². The van der Waals surface area contributed by atoms with Gasteiger partial charge in [0.25, 0.3) is 0 Å². The van der Waals surface area contributed by atoms with Gasteiger partial charge in [-0.2, -0.15) is 0 Å². The number of ether oxygens (including phenoxy) is 2. The normalized spacial score (nSPS) is 12.9. The fraction of sp³-hybridized carbons (Fsp3) is 0.550. The molecule has 0 rings (SSSR count). The van der Waals surface area contributed by atoms with Gasteiger partial charge in [0.1, 0.15) is 6.61 Å². The molecule has 0 radical (unpaired) electrons. The molecule has 1 unspecified atom stereocenters. The zero-order chi connectivity index (χ0) is 23.8. The summed E-state index contributed by atoms with van der Waals surface area (Å²) in [6, 6.07) is 0. The molecule has 0 aliphatic carbocycles. The Labute approximate surface area is 185 Å². The molecule has 0 bridgehead atoms. The van der Waals surface area contributed by atoms with Crippen LogP contribution < -0.4 is 0 Å². The predicted octanol–water partition coefficient (Wildman–Crippen LogP) is 4.87. The lowest BCUT2D eigenvalue weighted by atomic mass is 10.3. The van der Waals surface area contributed by atoms with Gasteiger partial charge in [-0.3, -0.25) is 13.9 Å². The van der Waals surface area contributed by atoms with Gasteiger partial charge in [-0.1, -0.05) is 24.3 Å². The van der Waals surface area contributed by atoms with Gasteiger partial charge in [0.2, 0.25) is 0 Å². The topological polar surface area (TPSA) is 107 Å². The van der Waals surface area contributed by atoms with Gasteiger partial charge in [0.05, 0.1) is 32.5 Å². The molecule has 0 amide bonds. The first-order valence-corrected chi connectivity index (χ1v) is 12.8. The molecule has 0 saturated carbocycles. The van der Waals surface area contributed by atoms with E-state index >= 15 is 0 Å². The lowest BCUT2D eigenvalue weighted by molar-refractivity contribution is -0.146. The maximum Gasteiger partial charge on any atom is 0.346 e. The number of hydrogen-bond donors (Lipinski definition) is 0. The summed E-state index contributed by atoms with van der Waals surface area (Å²) in [6.07, 6.45) is 4.71. The molecule has 0 aromatic heterocycles. The van der Waals surface area contributed by atoms with Crippen molar-refractivity contribution in [3.8, 4) is 0 Å². The number of hydrogen-bond acceptors (Lipinski definition) is 9. The van der Waals surface area contributed by atoms with E-state index in [2.05, 4.69) is 26.3 Å². The third-order valence-corrected chi connectivity index (χ3v) is 9.42. The highest BCUT2D eigenvalue weighted by Crippen LogP contribution is 2.71. The average molecular weight is 480 g/mol. The zero-order valence-corrected chi connectivity index (χ0v) is 20.1. The third-order valence-electron chi connectivity index (χ3n) is 3.71. The molecular weight excluding hydrogens is 446 g/mol. The van der Waals surface area contributed by atoms with Crippen LogP contribution in [0.25, 0.3) is 0 Å². The summed E-state index contributed by atoms with van der Waals surface area (Å²) >= 11 is 0. The van der Waals surface area contributed by atoms with E-state index in [-0.39, 0.29) is 52.0 Å². The van der Waals surface area contributed by atoms with E-state index < -0.39 is 26.6 Å². The predicted molar refractivity (Wildman–Crippen MR) is 120 cm³/mol. The molecule has 0 aromatic carbocycles. The molecule has 0 aromatic rings. The maximum atomic E-state index is 13.6. The van der Waals surface area contributed by atoms with E-state index in [0.717, 1.165) is 0 Å². The van der Waals surface area contributed by atoms with Crippen LogP contribution in [0.1, 0.15) is 19.8 Å². The summed E-state index contributed by atoms with van der Waals surface area (Å²) in [5.41, 5.74) is 0. The smallest absolute Gasteiger partial charge is 0.346 e. The van der Waals surface area contributed by atoms with Crippen molar-refractivity contribution in [3.05, 3.63) is 50.6 Å². The second-order valence-electron chi connectivity index (χ2n) is 6.17. The van der Waals surface area contributed by atoms with Crippen LogP contribution >= 0.6 is 15.2 Å². The fourth-order valence-corrected chi connectivity index (χ4v) is 7.30. The monoisotopic (exact) mass is 480 g/mol. The SMILES string of the molecule is C=CCOP(=O)(OCC=C)C(CCC(=O)OCC(C)OC)P(=O)(OCC=C)OCC=C. The van der Waals surface area contributed by atoms with Gasteiger partial charge >= 0.3 is 21.2 Å². The van der Waals surface area contributed by atoms with Crippen LogP contribution in [0.5, 0.6) is 0 Å². The Morgan fingerprint density at radius 2 is 1.23 bits per heavy atom. The second-order valence-corrected chi connectivity index (χ2v) is 11.0. The van der Waals surface area contributed by atoms with Crippen molar-refractivity contribution >= 4 is 21.2 Å². The summed E-state index contributed by atoms with van der Waals surface area (Å²) in [6.45, 7) is 15.3. The molecule has 0 saturated heterocycles. The molecule has 1 atom stereocenters. The van der Waals surface area contributed by atoms with Crippen molar-refractivity contribution in [3.63, 3.8) is 0 Å². The van der Waals surface area contributed by atoms with Gasteiger partial charge < -0.3 is 27.6 Å². The van der Waals surface area contributed by atoms with E-state index in [0.29, 0.717) is 0 Å². The number of esters is 1. The van der Waals surface area contributed by atoms with Crippen LogP contribution in [0.15, 0.2) is 50.6 Å². The largest absolute Gasteiger partial charge is 0.463 e. The van der Waals surface area contributed by atoms with Crippen molar-refractivity contribution in [1.82, 2.24) is 0 Å². The molecule has 0 N–H and O–H groups in total. The van der Waals surface area contributed by atoms with Crippen molar-refractivity contribution in [2.24, 2.45) is 0 Å². The summed E-state index contributed by atoms with van der Waals surface area (Å²) < 4.78 is 59.1. The Morgan fingerprint density at radius 1 is 0.839 bits per heavy atom. The van der Waals surface area contributed by atoms with E-state index in [4.69, 9.17) is 27.6 Å². The molecule has 11 heteroatoms. The molecule has 0 aliphatic heterocycles. The van der Waals surface area contributed by atoms with E-state index in [1.807, 2.05) is 0 Å². The van der Waals surface area contributed by atoms with Crippen LogP contribution in [0, 0.1) is 0 Å². The minimum absolute atomic E-state index is 0.0369. The standard InChI is InChI=1S/C20H34O9P2/c1-7-13-26-30(22,27-14-8-2)20(12-11-19(21)25-17-18(5)24-6)31(23,28-15-9-3)29-16-10-4/h7-10,18,20H,1-4,11-17H2,5-6H3. The highest BCUT2D eigenvalue weighted by Gasteiger charge is 2.51. The van der Waals surface area contributed by atoms with Gasteiger partial charge in [-0.05, 0) is 13.3 Å². The number of rotatable bonds is 20. The molecule has 178 valence electrons. The molecule has 31 heavy (non-hydrogen) atoms. The lowest BCUT2D eigenvalue weighted by Gasteiger charge is -2.31. The number of methoxy groups -OCH3 is 1. The Bertz CT molecular complexity index is 604. The van der Waals surface area contributed by atoms with Crippen LogP contribution in [-0.4, -0.2) is 57.6 Å². The minimum atomic E-state index is -4.12. The van der Waals surface area contributed by atoms with Gasteiger partial charge in [0, 0.05) is 13.5 Å². The highest BCUT2D eigenvalue weighted by atomic mass is 31.2. The summed E-state index contributed by atoms with van der Waals surface area (Å²) in [5.74, 6) is -0.605. The first-order chi connectivity index (χ1) is 14.7. The molecule has 0 fully saturated rings. The van der Waals surface area contributed by atoms with Crippen LogP contribution in [0.2, 0.25) is 0 Å². The summed E-state index contributed by atoms with van der Waals surface area (Å²) in [5, 5.41) is -1.41. The highest BCUT2D eigenvalue weighted by molar-refractivity contribution is 7.72. The molecular formula is C20H34O9P2. The van der Waals surface area contributed by atoms with Crippen LogP contribution in [-0.2, 0) is 41.5 Å². The van der Waals surface area contributed by atoms with Gasteiger partial charge in [-0.15, -0.1) is 26.3 Å². The van der Waals surface area contributed by atoms with E-state index in [1.54, 1.807) is 6.92 Å². The molecule has 0 spiro atoms. The van der Waals surface area contributed by atoms with Crippen LogP contribution in [0.3, 0.4) is 0 Å². The van der Waals surface area contributed by atoms with Crippen molar-refractivity contribution in [1.29, 1.82) is 0 Å². The Kier molecular flexibility index (Phi) is 15.7. The molecule has 9 nitrogen and oxygen atoms in total. The first-order valence-electron chi connectivity index (χ1n) is 9.62. The molecule has 0 aliphatic rings. The van der Waals surface area contributed by atoms with Crippen molar-refractivity contribution in [2.75, 3.05) is 40.1 Å². The van der Waals surface area contributed by atoms with Gasteiger partial charge in [-0.25, -0.2) is 0 Å². The number of carbonyl (C=O) groups excluding carboxylic acids is 1. The van der Waals surface area contributed by atoms with Crippen molar-refractivity contribution in [2.45, 2.75) is 31.3 Å². The lowest BCUT2D eigenvalue weighted by Crippen LogP contribution is -2.21. The number of carbonyl (C=O) groups is 1. The van der Waals surface area contributed by atoms with E-state index in [9.17, 15) is 13.9 Å².